The minimum absolute atomic E-state index is 0.0550. The van der Waals surface area contributed by atoms with Crippen molar-refractivity contribution in [3.8, 4) is 0 Å². The Morgan fingerprint density at radius 3 is 2.32 bits per heavy atom. The van der Waals surface area contributed by atoms with E-state index in [9.17, 15) is 31.9 Å². The molecule has 0 aliphatic heterocycles. The van der Waals surface area contributed by atoms with E-state index < -0.39 is 36.3 Å². The third-order valence-electron chi connectivity index (χ3n) is 1.94. The second-order valence-electron chi connectivity index (χ2n) is 3.71. The Kier molecular flexibility index (Phi) is 7.60. The van der Waals surface area contributed by atoms with Gasteiger partial charge in [0, 0.05) is 18.7 Å². The molecule has 0 aliphatic rings. The number of carboxylic acid groups (broad SMARTS) is 1. The summed E-state index contributed by atoms with van der Waals surface area (Å²) >= 11 is 0.746. The number of carboxylic acids is 1. The number of thioether (sulfide) groups is 1. The summed E-state index contributed by atoms with van der Waals surface area (Å²) < 4.78 is 60.3. The molecule has 0 rings (SSSR count). The van der Waals surface area contributed by atoms with Crippen LogP contribution in [0.25, 0.3) is 0 Å². The van der Waals surface area contributed by atoms with Crippen LogP contribution in [0.4, 0.5) is 22.0 Å². The van der Waals surface area contributed by atoms with Crippen molar-refractivity contribution in [1.29, 1.82) is 0 Å². The maximum absolute atomic E-state index is 12.5. The van der Waals surface area contributed by atoms with Gasteiger partial charge in [-0.2, -0.15) is 33.7 Å². The van der Waals surface area contributed by atoms with E-state index in [1.54, 1.807) is 0 Å². The highest BCUT2D eigenvalue weighted by molar-refractivity contribution is 7.99. The Labute approximate surface area is 110 Å². The van der Waals surface area contributed by atoms with E-state index in [1.165, 1.54) is 0 Å². The van der Waals surface area contributed by atoms with Gasteiger partial charge in [-0.05, 0) is 5.75 Å². The maximum atomic E-state index is 12.5. The first-order valence-corrected chi connectivity index (χ1v) is 6.34. The molecule has 0 fully saturated rings. The molecule has 0 spiro atoms. The van der Waals surface area contributed by atoms with Gasteiger partial charge in [-0.1, -0.05) is 0 Å². The smallest absolute Gasteiger partial charge is 0.453 e. The van der Waals surface area contributed by atoms with Crippen LogP contribution in [0, 0.1) is 0 Å². The fourth-order valence-corrected chi connectivity index (χ4v) is 1.92. The molecule has 0 aliphatic carbocycles. The van der Waals surface area contributed by atoms with Crippen LogP contribution in [0.5, 0.6) is 0 Å². The molecule has 0 aromatic carbocycles. The SMILES string of the molecule is O=C(O)CNCC(O)CSCCC(F)(F)C(F)(F)F. The zero-order valence-electron chi connectivity index (χ0n) is 9.71. The van der Waals surface area contributed by atoms with Gasteiger partial charge >= 0.3 is 18.1 Å². The highest BCUT2D eigenvalue weighted by atomic mass is 32.2. The van der Waals surface area contributed by atoms with Crippen molar-refractivity contribution in [2.24, 2.45) is 0 Å². The topological polar surface area (TPSA) is 69.6 Å². The lowest BCUT2D eigenvalue weighted by atomic mass is 10.2. The number of halogens is 5. The van der Waals surface area contributed by atoms with Crippen molar-refractivity contribution in [3.05, 3.63) is 0 Å². The molecule has 0 saturated heterocycles. The molecule has 1 atom stereocenters. The third kappa shape index (κ3) is 8.22. The highest BCUT2D eigenvalue weighted by Gasteiger charge is 2.56. The molecule has 19 heavy (non-hydrogen) atoms. The van der Waals surface area contributed by atoms with Crippen molar-refractivity contribution in [2.75, 3.05) is 24.6 Å². The van der Waals surface area contributed by atoms with E-state index in [2.05, 4.69) is 5.32 Å². The number of aliphatic hydroxyl groups excluding tert-OH is 1. The van der Waals surface area contributed by atoms with E-state index in [0.717, 1.165) is 11.8 Å². The van der Waals surface area contributed by atoms with E-state index >= 15 is 0 Å². The molecular formula is C9H14F5NO3S. The zero-order valence-corrected chi connectivity index (χ0v) is 10.5. The average Bonchev–Trinajstić information content (AvgIpc) is 2.22. The number of alkyl halides is 5. The Hall–Kier alpha value is -0.610. The Morgan fingerprint density at radius 2 is 1.84 bits per heavy atom. The minimum atomic E-state index is -5.56. The number of hydrogen-bond donors (Lipinski definition) is 3. The van der Waals surface area contributed by atoms with Gasteiger partial charge in [-0.25, -0.2) is 0 Å². The molecule has 0 saturated carbocycles. The summed E-state index contributed by atoms with van der Waals surface area (Å²) in [6, 6.07) is 0. The van der Waals surface area contributed by atoms with Crippen LogP contribution in [0.15, 0.2) is 0 Å². The predicted octanol–water partition coefficient (Wildman–Crippen LogP) is 1.34. The molecule has 4 nitrogen and oxygen atoms in total. The molecule has 3 N–H and O–H groups in total. The Morgan fingerprint density at radius 1 is 1.26 bits per heavy atom. The average molecular weight is 311 g/mol. The molecule has 0 amide bonds. The molecule has 10 heteroatoms. The summed E-state index contributed by atoms with van der Waals surface area (Å²) in [4.78, 5) is 10.1. The second-order valence-corrected chi connectivity index (χ2v) is 4.86. The van der Waals surface area contributed by atoms with Crippen LogP contribution in [0.3, 0.4) is 0 Å². The van der Waals surface area contributed by atoms with Crippen LogP contribution in [0.1, 0.15) is 6.42 Å². The summed E-state index contributed by atoms with van der Waals surface area (Å²) in [7, 11) is 0. The van der Waals surface area contributed by atoms with Crippen molar-refractivity contribution in [3.63, 3.8) is 0 Å². The second kappa shape index (κ2) is 7.85. The quantitative estimate of drug-likeness (QED) is 0.443. The third-order valence-corrected chi connectivity index (χ3v) is 3.05. The minimum Gasteiger partial charge on any atom is -0.480 e. The van der Waals surface area contributed by atoms with Gasteiger partial charge in [0.15, 0.2) is 0 Å². The highest BCUT2D eigenvalue weighted by Crippen LogP contribution is 2.38. The Bertz CT molecular complexity index is 288. The number of nitrogens with one attached hydrogen (secondary N) is 1. The van der Waals surface area contributed by atoms with Gasteiger partial charge in [0.1, 0.15) is 0 Å². The van der Waals surface area contributed by atoms with Gasteiger partial charge in [-0.15, -0.1) is 0 Å². The van der Waals surface area contributed by atoms with E-state index in [0.29, 0.717) is 0 Å². The van der Waals surface area contributed by atoms with Crippen molar-refractivity contribution >= 4 is 17.7 Å². The van der Waals surface area contributed by atoms with Gasteiger partial charge in [0.05, 0.1) is 12.6 Å². The first kappa shape index (κ1) is 18.4. The Balaban J connectivity index is 3.72. The van der Waals surface area contributed by atoms with Gasteiger partial charge in [-0.3, -0.25) is 4.79 Å². The van der Waals surface area contributed by atoms with E-state index in [-0.39, 0.29) is 18.8 Å². The van der Waals surface area contributed by atoms with Crippen LogP contribution in [-0.4, -0.2) is 59.0 Å². The standard InChI is InChI=1S/C9H14F5NO3S/c10-8(11,9(12,13)14)1-2-19-5-6(16)3-15-4-7(17)18/h6,15-16H,1-5H2,(H,17,18). The summed E-state index contributed by atoms with van der Waals surface area (Å²) in [5, 5.41) is 19.9. The molecule has 114 valence electrons. The number of hydrogen-bond acceptors (Lipinski definition) is 4. The fourth-order valence-electron chi connectivity index (χ4n) is 0.966. The van der Waals surface area contributed by atoms with E-state index in [4.69, 9.17) is 5.11 Å². The monoisotopic (exact) mass is 311 g/mol. The number of aliphatic carboxylic acids is 1. The molecule has 0 aromatic rings. The van der Waals surface area contributed by atoms with Gasteiger partial charge in [0.2, 0.25) is 0 Å². The lowest BCUT2D eigenvalue weighted by molar-refractivity contribution is -0.282. The van der Waals surface area contributed by atoms with Crippen LogP contribution < -0.4 is 5.32 Å². The van der Waals surface area contributed by atoms with Crippen molar-refractivity contribution in [1.82, 2.24) is 5.32 Å². The normalized spacial score (nSPS) is 14.4. The first-order chi connectivity index (χ1) is 8.56. The lowest BCUT2D eigenvalue weighted by Gasteiger charge is -2.19. The number of carbonyl (C=O) groups is 1. The number of aliphatic hydroxyl groups is 1. The van der Waals surface area contributed by atoms with Crippen molar-refractivity contribution in [2.45, 2.75) is 24.6 Å². The van der Waals surface area contributed by atoms with E-state index in [1.807, 2.05) is 0 Å². The van der Waals surface area contributed by atoms with Gasteiger partial charge < -0.3 is 15.5 Å². The molecule has 0 bridgehead atoms. The first-order valence-electron chi connectivity index (χ1n) is 5.19. The number of rotatable bonds is 9. The molecular weight excluding hydrogens is 297 g/mol. The predicted molar refractivity (Wildman–Crippen MR) is 59.5 cm³/mol. The largest absolute Gasteiger partial charge is 0.480 e. The zero-order chi connectivity index (χ0) is 15.1. The van der Waals surface area contributed by atoms with Crippen LogP contribution in [0.2, 0.25) is 0 Å². The lowest BCUT2D eigenvalue weighted by Crippen LogP contribution is -2.37. The summed E-state index contributed by atoms with van der Waals surface area (Å²) in [5.74, 6) is -6.36. The molecule has 0 radical (unpaired) electrons. The van der Waals surface area contributed by atoms with Crippen LogP contribution in [-0.2, 0) is 4.79 Å². The molecule has 0 heterocycles. The van der Waals surface area contributed by atoms with Crippen molar-refractivity contribution < 1.29 is 37.0 Å². The fraction of sp³-hybridized carbons (Fsp3) is 0.889. The maximum Gasteiger partial charge on any atom is 0.453 e. The van der Waals surface area contributed by atoms with Crippen LogP contribution >= 0.6 is 11.8 Å². The van der Waals surface area contributed by atoms with Gasteiger partial charge in [0.25, 0.3) is 0 Å². The summed E-state index contributed by atoms with van der Waals surface area (Å²) in [6.07, 6.45) is -7.92. The summed E-state index contributed by atoms with van der Waals surface area (Å²) in [5.41, 5.74) is 0. The summed E-state index contributed by atoms with van der Waals surface area (Å²) in [6.45, 7) is -0.442. The molecule has 0 aromatic heterocycles. The molecule has 1 unspecified atom stereocenters.